The molecule has 8 heteroatoms. The molecule has 0 N–H and O–H groups in total. The van der Waals surface area contributed by atoms with Gasteiger partial charge in [0.1, 0.15) is 0 Å². The van der Waals surface area contributed by atoms with Gasteiger partial charge < -0.3 is 4.90 Å². The van der Waals surface area contributed by atoms with E-state index in [0.29, 0.717) is 12.3 Å². The Morgan fingerprint density at radius 2 is 1.76 bits per heavy atom. The van der Waals surface area contributed by atoms with Crippen LogP contribution in [0.2, 0.25) is 0 Å². The molecular weight excluding hydrogens is 466 g/mol. The predicted molar refractivity (Wildman–Crippen MR) is 138 cm³/mol. The number of para-hydroxylation sites is 1. The summed E-state index contributed by atoms with van der Waals surface area (Å²) in [5.41, 5.74) is 4.26. The summed E-state index contributed by atoms with van der Waals surface area (Å²) in [6, 6.07) is 18.1. The van der Waals surface area contributed by atoms with Crippen LogP contribution >= 0.6 is 11.8 Å². The van der Waals surface area contributed by atoms with Crippen molar-refractivity contribution in [2.24, 2.45) is 0 Å². The summed E-state index contributed by atoms with van der Waals surface area (Å²) >= 11 is 1.41. The quantitative estimate of drug-likeness (QED) is 0.439. The van der Waals surface area contributed by atoms with E-state index in [-0.39, 0.29) is 23.5 Å². The zero-order valence-corrected chi connectivity index (χ0v) is 21.6. The standard InChI is InChI=1S/C26H31N3O3S2/c1-18(2)22-12-8-9-13-23(22)29-24(20-10-6-5-7-11-20)16-27-26(29)33-19(3)25(30)28(4)21-14-15-34(31,32)17-21/h5-13,16,18-19,21H,14-15,17H2,1-4H3/t19-,21+/m0/s1. The van der Waals surface area contributed by atoms with Gasteiger partial charge in [0.2, 0.25) is 5.91 Å². The molecule has 1 aliphatic rings. The summed E-state index contributed by atoms with van der Waals surface area (Å²) in [5, 5.41) is 0.324. The molecule has 3 aromatic rings. The molecule has 0 bridgehead atoms. The predicted octanol–water partition coefficient (Wildman–Crippen LogP) is 4.79. The third-order valence-corrected chi connectivity index (χ3v) is 9.14. The summed E-state index contributed by atoms with van der Waals surface area (Å²) < 4.78 is 25.9. The monoisotopic (exact) mass is 497 g/mol. The third-order valence-electron chi connectivity index (χ3n) is 6.33. The molecule has 1 amide bonds. The Morgan fingerprint density at radius 3 is 2.41 bits per heavy atom. The van der Waals surface area contributed by atoms with Gasteiger partial charge in [0.05, 0.1) is 34.3 Å². The Balaban J connectivity index is 1.69. The molecule has 180 valence electrons. The first-order chi connectivity index (χ1) is 16.2. The molecule has 2 aromatic carbocycles. The van der Waals surface area contributed by atoms with Crippen molar-refractivity contribution in [1.82, 2.24) is 14.5 Å². The minimum atomic E-state index is -3.06. The van der Waals surface area contributed by atoms with Gasteiger partial charge in [0.25, 0.3) is 0 Å². The lowest BCUT2D eigenvalue weighted by atomic mass is 10.0. The second-order valence-electron chi connectivity index (χ2n) is 9.11. The van der Waals surface area contributed by atoms with Crippen molar-refractivity contribution in [3.8, 4) is 16.9 Å². The van der Waals surface area contributed by atoms with Crippen LogP contribution in [0, 0.1) is 0 Å². The highest BCUT2D eigenvalue weighted by Gasteiger charge is 2.34. The zero-order valence-electron chi connectivity index (χ0n) is 20.0. The Morgan fingerprint density at radius 1 is 1.09 bits per heavy atom. The number of benzene rings is 2. The van der Waals surface area contributed by atoms with E-state index in [2.05, 4.69) is 42.7 Å². The minimum Gasteiger partial charge on any atom is -0.341 e. The molecule has 2 heterocycles. The van der Waals surface area contributed by atoms with E-state index in [4.69, 9.17) is 4.98 Å². The molecule has 34 heavy (non-hydrogen) atoms. The summed E-state index contributed by atoms with van der Waals surface area (Å²) in [5.74, 6) is 0.420. The molecule has 6 nitrogen and oxygen atoms in total. The number of amides is 1. The Kier molecular flexibility index (Phi) is 7.19. The number of hydrogen-bond acceptors (Lipinski definition) is 5. The number of imidazole rings is 1. The van der Waals surface area contributed by atoms with Gasteiger partial charge in [-0.05, 0) is 30.9 Å². The lowest BCUT2D eigenvalue weighted by Crippen LogP contribution is -2.41. The highest BCUT2D eigenvalue weighted by Crippen LogP contribution is 2.35. The maximum atomic E-state index is 13.2. The molecule has 1 saturated heterocycles. The SMILES string of the molecule is CC(C)c1ccccc1-n1c(-c2ccccc2)cnc1S[C@@H](C)C(=O)N(C)[C@@H]1CCS(=O)(=O)C1. The van der Waals surface area contributed by atoms with E-state index in [1.54, 1.807) is 11.9 Å². The number of carbonyl (C=O) groups excluding carboxylic acids is 1. The van der Waals surface area contributed by atoms with Gasteiger partial charge in [-0.1, -0.05) is 74.1 Å². The first-order valence-corrected chi connectivity index (χ1v) is 14.2. The lowest BCUT2D eigenvalue weighted by molar-refractivity contribution is -0.130. The molecule has 0 radical (unpaired) electrons. The van der Waals surface area contributed by atoms with E-state index in [1.165, 1.54) is 17.3 Å². The fourth-order valence-corrected chi connectivity index (χ4v) is 7.17. The Bertz CT molecular complexity index is 1270. The zero-order chi connectivity index (χ0) is 24.5. The van der Waals surface area contributed by atoms with Crippen molar-refractivity contribution >= 4 is 27.5 Å². The smallest absolute Gasteiger partial charge is 0.235 e. The van der Waals surface area contributed by atoms with Gasteiger partial charge in [0, 0.05) is 18.7 Å². The van der Waals surface area contributed by atoms with Crippen molar-refractivity contribution in [2.45, 2.75) is 49.6 Å². The number of aromatic nitrogens is 2. The third kappa shape index (κ3) is 5.08. The van der Waals surface area contributed by atoms with Crippen molar-refractivity contribution in [3.05, 3.63) is 66.4 Å². The number of carbonyl (C=O) groups is 1. The molecule has 1 fully saturated rings. The van der Waals surface area contributed by atoms with Gasteiger partial charge in [-0.3, -0.25) is 9.36 Å². The van der Waals surface area contributed by atoms with Crippen LogP contribution in [0.4, 0.5) is 0 Å². The molecule has 0 saturated carbocycles. The van der Waals surface area contributed by atoms with Crippen LogP contribution in [0.5, 0.6) is 0 Å². The van der Waals surface area contributed by atoms with Gasteiger partial charge in [-0.2, -0.15) is 0 Å². The Labute approximate surface area is 206 Å². The molecular formula is C26H31N3O3S2. The molecule has 0 spiro atoms. The van der Waals surface area contributed by atoms with Crippen LogP contribution in [-0.4, -0.2) is 58.6 Å². The van der Waals surface area contributed by atoms with Gasteiger partial charge in [-0.15, -0.1) is 0 Å². The lowest BCUT2D eigenvalue weighted by Gasteiger charge is -2.26. The first kappa shape index (κ1) is 24.5. The van der Waals surface area contributed by atoms with Crippen molar-refractivity contribution in [2.75, 3.05) is 18.6 Å². The highest BCUT2D eigenvalue weighted by molar-refractivity contribution is 8.00. The Hall–Kier alpha value is -2.58. The molecule has 1 aliphatic heterocycles. The minimum absolute atomic E-state index is 0.0428. The summed E-state index contributed by atoms with van der Waals surface area (Å²) in [7, 11) is -1.35. The van der Waals surface area contributed by atoms with Crippen LogP contribution in [0.15, 0.2) is 66.0 Å². The van der Waals surface area contributed by atoms with Crippen LogP contribution < -0.4 is 0 Å². The van der Waals surface area contributed by atoms with Crippen molar-refractivity contribution < 1.29 is 13.2 Å². The molecule has 0 aliphatic carbocycles. The molecule has 0 unspecified atom stereocenters. The van der Waals surface area contributed by atoms with Crippen LogP contribution in [0.3, 0.4) is 0 Å². The number of nitrogens with zero attached hydrogens (tertiary/aromatic N) is 3. The highest BCUT2D eigenvalue weighted by atomic mass is 32.2. The largest absolute Gasteiger partial charge is 0.341 e. The second-order valence-corrected chi connectivity index (χ2v) is 12.6. The number of sulfone groups is 1. The van der Waals surface area contributed by atoms with E-state index in [0.717, 1.165) is 22.1 Å². The molecule has 1 aromatic heterocycles. The van der Waals surface area contributed by atoms with E-state index in [1.807, 2.05) is 43.5 Å². The van der Waals surface area contributed by atoms with Crippen molar-refractivity contribution in [1.29, 1.82) is 0 Å². The van der Waals surface area contributed by atoms with E-state index < -0.39 is 15.1 Å². The van der Waals surface area contributed by atoms with Crippen LogP contribution in [0.1, 0.15) is 38.7 Å². The normalized spacial score (nSPS) is 18.2. The average molecular weight is 498 g/mol. The van der Waals surface area contributed by atoms with E-state index >= 15 is 0 Å². The van der Waals surface area contributed by atoms with Gasteiger partial charge >= 0.3 is 0 Å². The number of rotatable bonds is 7. The number of thioether (sulfide) groups is 1. The topological polar surface area (TPSA) is 72.3 Å². The maximum Gasteiger partial charge on any atom is 0.235 e. The van der Waals surface area contributed by atoms with E-state index in [9.17, 15) is 13.2 Å². The van der Waals surface area contributed by atoms with Gasteiger partial charge in [0.15, 0.2) is 15.0 Å². The summed E-state index contributed by atoms with van der Waals surface area (Å²) in [6.07, 6.45) is 2.36. The first-order valence-electron chi connectivity index (χ1n) is 11.5. The van der Waals surface area contributed by atoms with Crippen LogP contribution in [0.25, 0.3) is 16.9 Å². The maximum absolute atomic E-state index is 13.2. The van der Waals surface area contributed by atoms with Gasteiger partial charge in [-0.25, -0.2) is 13.4 Å². The molecule has 2 atom stereocenters. The van der Waals surface area contributed by atoms with Crippen molar-refractivity contribution in [3.63, 3.8) is 0 Å². The summed E-state index contributed by atoms with van der Waals surface area (Å²) in [6.45, 7) is 6.20. The second kappa shape index (κ2) is 9.96. The number of hydrogen-bond donors (Lipinski definition) is 0. The summed E-state index contributed by atoms with van der Waals surface area (Å²) in [4.78, 5) is 19.6. The fourth-order valence-electron chi connectivity index (χ4n) is 4.40. The van der Waals surface area contributed by atoms with Crippen LogP contribution in [-0.2, 0) is 14.6 Å². The fraction of sp³-hybridized carbons (Fsp3) is 0.385. The molecule has 4 rings (SSSR count). The average Bonchev–Trinajstić information content (AvgIpc) is 3.41.